The first-order chi connectivity index (χ1) is 5.15. The van der Waals surface area contributed by atoms with E-state index in [0.717, 1.165) is 19.3 Å². The molecule has 0 N–H and O–H groups in total. The summed E-state index contributed by atoms with van der Waals surface area (Å²) in [7, 11) is 0. The molecule has 1 nitrogen and oxygen atoms in total. The van der Waals surface area contributed by atoms with Crippen molar-refractivity contribution in [3.8, 4) is 6.07 Å². The third-order valence-corrected chi connectivity index (χ3v) is 0.642. The second kappa shape index (κ2) is 5.51. The van der Waals surface area contributed by atoms with E-state index in [2.05, 4.69) is 13.0 Å². The zero-order chi connectivity index (χ0) is 10.3. The Balaban J connectivity index is 0. The summed E-state index contributed by atoms with van der Waals surface area (Å²) >= 11 is -9.19. The van der Waals surface area contributed by atoms with Gasteiger partial charge < -0.3 is 0 Å². The Morgan fingerprint density at radius 1 is 1.17 bits per heavy atom. The molecule has 7 heteroatoms. The first-order valence-electron chi connectivity index (χ1n) is 3.13. The predicted molar refractivity (Wildman–Crippen MR) is 30.7 cm³/mol. The van der Waals surface area contributed by atoms with Gasteiger partial charge in [-0.2, -0.15) is 5.26 Å². The number of nitrogens with zero attached hydrogens (tertiary/aromatic N) is 1. The third-order valence-electron chi connectivity index (χ3n) is 0.642. The topological polar surface area (TPSA) is 23.8 Å². The van der Waals surface area contributed by atoms with Crippen LogP contribution in [0.1, 0.15) is 26.2 Å². The molecular weight excluding hydrogens is 262 g/mol. The van der Waals surface area contributed by atoms with Crippen LogP contribution in [0.4, 0.5) is 15.1 Å². The average Bonchev–Trinajstić information content (AvgIpc) is 1.77. The SMILES string of the molecule is CCCCC#N.[F][Nb]([F])([F])([F])[F]. The molecule has 0 bridgehead atoms. The Hall–Kier alpha value is -0.120. The van der Waals surface area contributed by atoms with Crippen molar-refractivity contribution in [3.63, 3.8) is 0 Å². The second-order valence-corrected chi connectivity index (χ2v) is 5.04. The van der Waals surface area contributed by atoms with E-state index >= 15 is 0 Å². The van der Waals surface area contributed by atoms with Crippen molar-refractivity contribution in [1.29, 1.82) is 5.26 Å². The van der Waals surface area contributed by atoms with Crippen molar-refractivity contribution in [2.24, 2.45) is 0 Å². The summed E-state index contributed by atoms with van der Waals surface area (Å²) in [6.07, 6.45) is 2.90. The molecule has 0 saturated heterocycles. The molecule has 0 aliphatic rings. The molecule has 0 saturated carbocycles. The van der Waals surface area contributed by atoms with Crippen LogP contribution in [0.5, 0.6) is 0 Å². The van der Waals surface area contributed by atoms with Gasteiger partial charge in [-0.25, -0.2) is 0 Å². The Labute approximate surface area is 71.6 Å². The van der Waals surface area contributed by atoms with E-state index in [1.807, 2.05) is 0 Å². The van der Waals surface area contributed by atoms with Gasteiger partial charge in [0.1, 0.15) is 0 Å². The van der Waals surface area contributed by atoms with Gasteiger partial charge in [-0.15, -0.1) is 0 Å². The molecule has 0 radical (unpaired) electrons. The van der Waals surface area contributed by atoms with E-state index in [-0.39, 0.29) is 0 Å². The Morgan fingerprint density at radius 2 is 1.50 bits per heavy atom. The molecule has 0 amide bonds. The van der Waals surface area contributed by atoms with Gasteiger partial charge in [0.25, 0.3) is 0 Å². The molecule has 0 unspecified atom stereocenters. The number of hydrogen-bond acceptors (Lipinski definition) is 1. The number of nitriles is 1. The van der Waals surface area contributed by atoms with Gasteiger partial charge in [0.15, 0.2) is 0 Å². The summed E-state index contributed by atoms with van der Waals surface area (Å²) in [5, 5.41) is 7.95. The van der Waals surface area contributed by atoms with E-state index in [1.165, 1.54) is 0 Å². The van der Waals surface area contributed by atoms with Crippen LogP contribution in [-0.2, 0) is 18.5 Å². The monoisotopic (exact) mass is 271 g/mol. The molecule has 0 fully saturated rings. The summed E-state index contributed by atoms with van der Waals surface area (Å²) in [6.45, 7) is 2.08. The minimum absolute atomic E-state index is 0.719. The molecule has 0 atom stereocenters. The van der Waals surface area contributed by atoms with E-state index in [4.69, 9.17) is 5.26 Å². The molecule has 12 heavy (non-hydrogen) atoms. The molecule has 0 spiro atoms. The standard InChI is InChI=1S/C5H9N.5FH.Nb/c1-2-3-4-5-6;;;;;;/h2-4H2,1H3;5*1H;/q;;;;;;+5/p-5. The predicted octanol–water partition coefficient (Wildman–Crippen LogP) is 3.80. The maximum absolute atomic E-state index is 9.91. The number of rotatable bonds is 2. The van der Waals surface area contributed by atoms with E-state index in [9.17, 15) is 15.1 Å². The average molecular weight is 271 g/mol. The minimum atomic E-state index is -9.19. The van der Waals surface area contributed by atoms with Crippen molar-refractivity contribution in [2.75, 3.05) is 0 Å². The summed E-state index contributed by atoms with van der Waals surface area (Å²) in [5.41, 5.74) is 0. The number of halogens is 5. The molecule has 0 rings (SSSR count). The second-order valence-electron chi connectivity index (χ2n) is 1.90. The molecule has 0 aliphatic heterocycles. The summed E-state index contributed by atoms with van der Waals surface area (Å²) in [6, 6.07) is 2.07. The first-order valence-corrected chi connectivity index (χ1v) is 7.28. The van der Waals surface area contributed by atoms with Gasteiger partial charge in [0, 0.05) is 6.42 Å². The van der Waals surface area contributed by atoms with Crippen LogP contribution in [0.2, 0.25) is 0 Å². The van der Waals surface area contributed by atoms with Crippen LogP contribution in [-0.4, -0.2) is 0 Å². The maximum atomic E-state index is 9.91. The fourth-order valence-corrected chi connectivity index (χ4v) is 0.256. The van der Waals surface area contributed by atoms with Crippen LogP contribution in [0.15, 0.2) is 0 Å². The van der Waals surface area contributed by atoms with Gasteiger partial charge >= 0.3 is 33.7 Å². The zero-order valence-electron chi connectivity index (χ0n) is 6.41. The van der Waals surface area contributed by atoms with Crippen molar-refractivity contribution in [1.82, 2.24) is 0 Å². The summed E-state index contributed by atoms with van der Waals surface area (Å²) in [5.74, 6) is 0. The van der Waals surface area contributed by atoms with Gasteiger partial charge in [-0.05, 0) is 6.42 Å². The third kappa shape index (κ3) is 93.9. The molecule has 0 heterocycles. The fraction of sp³-hybridized carbons (Fsp3) is 0.800. The zero-order valence-corrected chi connectivity index (χ0v) is 8.60. The molecule has 74 valence electrons. The van der Waals surface area contributed by atoms with Crippen LogP contribution < -0.4 is 0 Å². The Morgan fingerprint density at radius 3 is 1.58 bits per heavy atom. The van der Waals surface area contributed by atoms with Crippen molar-refractivity contribution >= 4 is 0 Å². The quantitative estimate of drug-likeness (QED) is 0.425. The van der Waals surface area contributed by atoms with Crippen molar-refractivity contribution in [3.05, 3.63) is 0 Å². The van der Waals surface area contributed by atoms with Crippen molar-refractivity contribution < 1.29 is 33.7 Å². The van der Waals surface area contributed by atoms with Crippen LogP contribution >= 0.6 is 0 Å². The van der Waals surface area contributed by atoms with Gasteiger partial charge in [-0.1, -0.05) is 13.3 Å². The normalized spacial score (nSPS) is 13.2. The van der Waals surface area contributed by atoms with E-state index < -0.39 is 18.5 Å². The van der Waals surface area contributed by atoms with Gasteiger partial charge in [0.05, 0.1) is 6.07 Å². The molecule has 0 aliphatic carbocycles. The summed E-state index contributed by atoms with van der Waals surface area (Å²) in [4.78, 5) is 0. The first kappa shape index (κ1) is 14.4. The van der Waals surface area contributed by atoms with E-state index in [0.29, 0.717) is 0 Å². The molecular formula is C5H9F5NNb. The van der Waals surface area contributed by atoms with Crippen LogP contribution in [0.25, 0.3) is 0 Å². The number of hydrogen-bond donors (Lipinski definition) is 0. The Bertz CT molecular complexity index is 138. The molecule has 0 aromatic rings. The van der Waals surface area contributed by atoms with Crippen LogP contribution in [0.3, 0.4) is 0 Å². The fourth-order valence-electron chi connectivity index (χ4n) is 0.256. The van der Waals surface area contributed by atoms with Crippen molar-refractivity contribution in [2.45, 2.75) is 26.2 Å². The van der Waals surface area contributed by atoms with Gasteiger partial charge in [0.2, 0.25) is 0 Å². The molecule has 0 aromatic carbocycles. The molecule has 0 aromatic heterocycles. The Kier molecular flexibility index (Phi) is 6.62. The number of unbranched alkanes of at least 4 members (excludes halogenated alkanes) is 2. The van der Waals surface area contributed by atoms with Crippen LogP contribution in [0, 0.1) is 11.3 Å². The summed E-state index contributed by atoms with van der Waals surface area (Å²) < 4.78 is 49.6. The van der Waals surface area contributed by atoms with E-state index in [1.54, 1.807) is 0 Å². The van der Waals surface area contributed by atoms with Gasteiger partial charge in [-0.3, -0.25) is 0 Å².